The minimum atomic E-state index is -0.384. The first-order valence-electron chi connectivity index (χ1n) is 9.73. The van der Waals surface area contributed by atoms with Crippen molar-refractivity contribution in [2.24, 2.45) is 0 Å². The van der Waals surface area contributed by atoms with Crippen molar-refractivity contribution in [3.8, 4) is 5.75 Å². The fraction of sp³-hybridized carbons (Fsp3) is 0.318. The highest BCUT2D eigenvalue weighted by Gasteiger charge is 2.38. The molecule has 1 fully saturated rings. The minimum absolute atomic E-state index is 0.116. The number of amides is 3. The van der Waals surface area contributed by atoms with E-state index < -0.39 is 0 Å². The Morgan fingerprint density at radius 2 is 1.97 bits per heavy atom. The van der Waals surface area contributed by atoms with Gasteiger partial charge in [0.05, 0.1) is 36.1 Å². The fourth-order valence-electron chi connectivity index (χ4n) is 3.64. The maximum Gasteiger partial charge on any atom is 0.261 e. The summed E-state index contributed by atoms with van der Waals surface area (Å²) < 4.78 is 11.1. The maximum absolute atomic E-state index is 12.8. The first kappa shape index (κ1) is 19.1. The summed E-state index contributed by atoms with van der Waals surface area (Å²) in [6.07, 6.45) is 1.65. The van der Waals surface area contributed by atoms with Crippen LogP contribution in [0.15, 0.2) is 42.5 Å². The average Bonchev–Trinajstić information content (AvgIpc) is 3.32. The van der Waals surface area contributed by atoms with Crippen LogP contribution in [-0.4, -0.2) is 48.5 Å². The zero-order valence-electron chi connectivity index (χ0n) is 16.1. The van der Waals surface area contributed by atoms with Gasteiger partial charge in [0.2, 0.25) is 0 Å². The predicted octanol–water partition coefficient (Wildman–Crippen LogP) is 3.11. The van der Waals surface area contributed by atoms with E-state index in [0.29, 0.717) is 35.8 Å². The summed E-state index contributed by atoms with van der Waals surface area (Å²) >= 11 is 0. The van der Waals surface area contributed by atoms with Crippen molar-refractivity contribution in [1.29, 1.82) is 0 Å². The third-order valence-electron chi connectivity index (χ3n) is 5.08. The van der Waals surface area contributed by atoms with Gasteiger partial charge in [0, 0.05) is 12.2 Å². The Hall–Kier alpha value is -3.19. The molecule has 0 aromatic heterocycles. The highest BCUT2D eigenvalue weighted by Crippen LogP contribution is 2.28. The maximum atomic E-state index is 12.8. The van der Waals surface area contributed by atoms with E-state index >= 15 is 0 Å². The van der Waals surface area contributed by atoms with Crippen LogP contribution in [0.2, 0.25) is 0 Å². The van der Waals surface area contributed by atoms with Gasteiger partial charge in [0.1, 0.15) is 5.75 Å². The van der Waals surface area contributed by atoms with Gasteiger partial charge < -0.3 is 14.8 Å². The van der Waals surface area contributed by atoms with Crippen LogP contribution in [0.1, 0.15) is 50.8 Å². The number of nitrogens with one attached hydrogen (secondary N) is 1. The third-order valence-corrected chi connectivity index (χ3v) is 5.08. The van der Waals surface area contributed by atoms with E-state index in [0.717, 1.165) is 12.8 Å². The van der Waals surface area contributed by atoms with Crippen molar-refractivity contribution in [3.05, 3.63) is 59.2 Å². The van der Waals surface area contributed by atoms with Gasteiger partial charge in [-0.15, -0.1) is 0 Å². The van der Waals surface area contributed by atoms with E-state index in [1.165, 1.54) is 17.0 Å². The van der Waals surface area contributed by atoms with E-state index in [1.807, 2.05) is 13.0 Å². The van der Waals surface area contributed by atoms with Crippen LogP contribution in [0.4, 0.5) is 5.69 Å². The Balaban J connectivity index is 1.53. The molecular weight excluding hydrogens is 372 g/mol. The van der Waals surface area contributed by atoms with Crippen LogP contribution < -0.4 is 10.1 Å². The van der Waals surface area contributed by atoms with Crippen LogP contribution in [0, 0.1) is 0 Å². The number of hydrogen-bond acceptors (Lipinski definition) is 5. The highest BCUT2D eigenvalue weighted by atomic mass is 16.5. The lowest BCUT2D eigenvalue weighted by atomic mass is 10.1. The van der Waals surface area contributed by atoms with Crippen molar-refractivity contribution in [3.63, 3.8) is 0 Å². The molecule has 1 atom stereocenters. The van der Waals surface area contributed by atoms with Gasteiger partial charge in [-0.2, -0.15) is 0 Å². The number of rotatable bonds is 6. The lowest BCUT2D eigenvalue weighted by molar-refractivity contribution is 0.0475. The van der Waals surface area contributed by atoms with Crippen molar-refractivity contribution < 1.29 is 23.9 Å². The zero-order chi connectivity index (χ0) is 20.4. The molecule has 1 N–H and O–H groups in total. The van der Waals surface area contributed by atoms with Crippen LogP contribution in [0.3, 0.4) is 0 Å². The van der Waals surface area contributed by atoms with Crippen LogP contribution in [0.5, 0.6) is 5.75 Å². The number of hydrogen-bond donors (Lipinski definition) is 1. The number of ether oxygens (including phenoxy) is 2. The molecule has 4 rings (SSSR count). The standard InChI is InChI=1S/C22H22N2O5/c1-2-28-19-8-4-3-7-18(19)23-20(25)14-9-10-16-17(12-14)22(27)24(21(16)26)13-15-6-5-11-29-15/h3-4,7-10,12,15H,2,5-6,11,13H2,1H3,(H,23,25)/t15-/m1/s1. The van der Waals surface area contributed by atoms with Gasteiger partial charge in [-0.25, -0.2) is 0 Å². The van der Waals surface area contributed by atoms with Gasteiger partial charge in [0.25, 0.3) is 17.7 Å². The second kappa shape index (κ2) is 8.05. The molecule has 3 amide bonds. The van der Waals surface area contributed by atoms with Gasteiger partial charge in [-0.05, 0) is 50.1 Å². The Morgan fingerprint density at radius 3 is 2.72 bits per heavy atom. The lowest BCUT2D eigenvalue weighted by Crippen LogP contribution is -2.36. The molecule has 2 heterocycles. The molecule has 0 bridgehead atoms. The van der Waals surface area contributed by atoms with Crippen molar-refractivity contribution >= 4 is 23.4 Å². The molecule has 2 aromatic carbocycles. The molecule has 29 heavy (non-hydrogen) atoms. The molecule has 0 unspecified atom stereocenters. The predicted molar refractivity (Wildman–Crippen MR) is 106 cm³/mol. The summed E-state index contributed by atoms with van der Waals surface area (Å²) in [5.74, 6) is -0.532. The fourth-order valence-corrected chi connectivity index (χ4v) is 3.64. The monoisotopic (exact) mass is 394 g/mol. The Bertz CT molecular complexity index is 965. The lowest BCUT2D eigenvalue weighted by Gasteiger charge is -2.17. The molecular formula is C22H22N2O5. The second-order valence-corrected chi connectivity index (χ2v) is 7.00. The topological polar surface area (TPSA) is 84.9 Å². The normalized spacial score (nSPS) is 18.1. The summed E-state index contributed by atoms with van der Waals surface area (Å²) in [5, 5.41) is 2.81. The summed E-state index contributed by atoms with van der Waals surface area (Å²) in [5.41, 5.74) is 1.41. The van der Waals surface area contributed by atoms with E-state index in [4.69, 9.17) is 9.47 Å². The number of carbonyl (C=O) groups is 3. The molecule has 7 nitrogen and oxygen atoms in total. The number of carbonyl (C=O) groups excluding carboxylic acids is 3. The number of benzene rings is 2. The van der Waals surface area contributed by atoms with Crippen molar-refractivity contribution in [2.75, 3.05) is 25.1 Å². The summed E-state index contributed by atoms with van der Waals surface area (Å²) in [6, 6.07) is 11.7. The van der Waals surface area contributed by atoms with Crippen LogP contribution >= 0.6 is 0 Å². The average molecular weight is 394 g/mol. The van der Waals surface area contributed by atoms with E-state index in [2.05, 4.69) is 5.32 Å². The molecule has 1 saturated heterocycles. The van der Waals surface area contributed by atoms with Gasteiger partial charge in [-0.1, -0.05) is 12.1 Å². The smallest absolute Gasteiger partial charge is 0.261 e. The summed E-state index contributed by atoms with van der Waals surface area (Å²) in [7, 11) is 0. The largest absolute Gasteiger partial charge is 0.492 e. The van der Waals surface area contributed by atoms with Gasteiger partial charge in [0.15, 0.2) is 0 Å². The van der Waals surface area contributed by atoms with Crippen LogP contribution in [0.25, 0.3) is 0 Å². The molecule has 0 saturated carbocycles. The molecule has 2 aromatic rings. The Kier molecular flexibility index (Phi) is 5.31. The Morgan fingerprint density at radius 1 is 1.17 bits per heavy atom. The molecule has 0 radical (unpaired) electrons. The van der Waals surface area contributed by atoms with E-state index in [-0.39, 0.29) is 35.9 Å². The zero-order valence-corrected chi connectivity index (χ0v) is 16.1. The first-order valence-corrected chi connectivity index (χ1v) is 9.73. The molecule has 0 spiro atoms. The number of imide groups is 1. The van der Waals surface area contributed by atoms with Gasteiger partial charge >= 0.3 is 0 Å². The van der Waals surface area contributed by atoms with Crippen molar-refractivity contribution in [2.45, 2.75) is 25.9 Å². The molecule has 2 aliphatic rings. The first-order chi connectivity index (χ1) is 14.1. The Labute approximate surface area is 168 Å². The third kappa shape index (κ3) is 3.73. The van der Waals surface area contributed by atoms with Gasteiger partial charge in [-0.3, -0.25) is 19.3 Å². The van der Waals surface area contributed by atoms with E-state index in [9.17, 15) is 14.4 Å². The van der Waals surface area contributed by atoms with Crippen LogP contribution in [-0.2, 0) is 4.74 Å². The molecule has 7 heteroatoms. The number of fused-ring (bicyclic) bond motifs is 1. The quantitative estimate of drug-likeness (QED) is 0.761. The SMILES string of the molecule is CCOc1ccccc1NC(=O)c1ccc2c(c1)C(=O)N(C[C@H]1CCCO1)C2=O. The van der Waals surface area contributed by atoms with Crippen molar-refractivity contribution in [1.82, 2.24) is 4.90 Å². The summed E-state index contributed by atoms with van der Waals surface area (Å²) in [4.78, 5) is 39.3. The number of anilines is 1. The second-order valence-electron chi connectivity index (χ2n) is 7.00. The molecule has 2 aliphatic heterocycles. The molecule has 150 valence electrons. The molecule has 0 aliphatic carbocycles. The number of nitrogens with zero attached hydrogens (tertiary/aromatic N) is 1. The highest BCUT2D eigenvalue weighted by molar-refractivity contribution is 6.22. The van der Waals surface area contributed by atoms with E-state index in [1.54, 1.807) is 24.3 Å². The minimum Gasteiger partial charge on any atom is -0.492 e. The summed E-state index contributed by atoms with van der Waals surface area (Å²) in [6.45, 7) is 3.24. The number of para-hydroxylation sites is 2.